The van der Waals surface area contributed by atoms with Crippen molar-refractivity contribution >= 4 is 22.5 Å². The van der Waals surface area contributed by atoms with Crippen LogP contribution in [0.3, 0.4) is 0 Å². The lowest BCUT2D eigenvalue weighted by Gasteiger charge is -2.22. The Balaban J connectivity index is 1.49. The number of carbonyl (C=O) groups is 1. The average Bonchev–Trinajstić information content (AvgIpc) is 2.97. The van der Waals surface area contributed by atoms with Crippen molar-refractivity contribution in [3.8, 4) is 10.4 Å². The number of aryl methyl sites for hydroxylation is 1. The third-order valence-corrected chi connectivity index (χ3v) is 4.72. The van der Waals surface area contributed by atoms with Gasteiger partial charge in [0, 0.05) is 18.9 Å². The number of thiazole rings is 1. The molecule has 0 aromatic carbocycles. The van der Waals surface area contributed by atoms with E-state index in [9.17, 15) is 4.79 Å². The monoisotopic (exact) mass is 348 g/mol. The highest BCUT2D eigenvalue weighted by Crippen LogP contribution is 2.32. The quantitative estimate of drug-likeness (QED) is 0.867. The Morgan fingerprint density at radius 1 is 1.38 bits per heavy atom. The van der Waals surface area contributed by atoms with Gasteiger partial charge < -0.3 is 14.8 Å². The largest absolute Gasteiger partial charge is 0.376 e. The molecule has 1 saturated heterocycles. The molecule has 0 spiro atoms. The van der Waals surface area contributed by atoms with E-state index in [4.69, 9.17) is 9.47 Å². The molecule has 1 fully saturated rings. The standard InChI is InChI=1S/C16H20N4O3S/c1-11-14(12-2-5-17-6-3-12)24-16(19-11)20-15(21)18-7-4-13-10-22-8-9-23-13/h2-3,5-6,13H,4,7-10H2,1H3,(H2,18,19,20,21). The molecule has 1 aliphatic rings. The number of rotatable bonds is 5. The van der Waals surface area contributed by atoms with Crippen LogP contribution in [0.5, 0.6) is 0 Å². The van der Waals surface area contributed by atoms with Gasteiger partial charge >= 0.3 is 6.03 Å². The van der Waals surface area contributed by atoms with E-state index in [1.54, 1.807) is 12.4 Å². The molecule has 3 heterocycles. The molecule has 24 heavy (non-hydrogen) atoms. The van der Waals surface area contributed by atoms with E-state index in [1.165, 1.54) is 11.3 Å². The Hall–Kier alpha value is -2.03. The second-order valence-corrected chi connectivity index (χ2v) is 6.41. The second-order valence-electron chi connectivity index (χ2n) is 5.41. The molecule has 2 amide bonds. The molecule has 1 aliphatic heterocycles. The number of hydrogen-bond acceptors (Lipinski definition) is 6. The molecule has 2 N–H and O–H groups in total. The van der Waals surface area contributed by atoms with Crippen molar-refractivity contribution in [1.29, 1.82) is 0 Å². The number of amides is 2. The smallest absolute Gasteiger partial charge is 0.321 e. The van der Waals surface area contributed by atoms with Gasteiger partial charge in [0.25, 0.3) is 0 Å². The Morgan fingerprint density at radius 2 is 2.21 bits per heavy atom. The topological polar surface area (TPSA) is 85.4 Å². The number of aromatic nitrogens is 2. The highest BCUT2D eigenvalue weighted by atomic mass is 32.1. The van der Waals surface area contributed by atoms with Gasteiger partial charge in [-0.05, 0) is 31.0 Å². The van der Waals surface area contributed by atoms with Crippen LogP contribution in [-0.4, -0.2) is 48.5 Å². The molecule has 2 aromatic heterocycles. The molecule has 0 saturated carbocycles. The molecule has 2 aromatic rings. The van der Waals surface area contributed by atoms with Crippen molar-refractivity contribution < 1.29 is 14.3 Å². The summed E-state index contributed by atoms with van der Waals surface area (Å²) in [4.78, 5) is 21.4. The molecule has 8 heteroatoms. The molecule has 128 valence electrons. The maximum Gasteiger partial charge on any atom is 0.321 e. The van der Waals surface area contributed by atoms with E-state index in [2.05, 4.69) is 20.6 Å². The minimum Gasteiger partial charge on any atom is -0.376 e. The Labute approximate surface area is 144 Å². The number of anilines is 1. The summed E-state index contributed by atoms with van der Waals surface area (Å²) in [5.74, 6) is 0. The van der Waals surface area contributed by atoms with Crippen LogP contribution >= 0.6 is 11.3 Å². The van der Waals surface area contributed by atoms with Crippen molar-refractivity contribution in [2.75, 3.05) is 31.7 Å². The van der Waals surface area contributed by atoms with Gasteiger partial charge in [0.1, 0.15) is 0 Å². The van der Waals surface area contributed by atoms with E-state index in [0.717, 1.165) is 22.6 Å². The summed E-state index contributed by atoms with van der Waals surface area (Å²) in [6.07, 6.45) is 4.27. The number of ether oxygens (including phenoxy) is 2. The van der Waals surface area contributed by atoms with Crippen LogP contribution in [0.4, 0.5) is 9.93 Å². The van der Waals surface area contributed by atoms with Gasteiger partial charge in [0.15, 0.2) is 5.13 Å². The van der Waals surface area contributed by atoms with Crippen LogP contribution in [0.25, 0.3) is 10.4 Å². The zero-order valence-corrected chi connectivity index (χ0v) is 14.3. The average molecular weight is 348 g/mol. The Kier molecular flexibility index (Phi) is 5.73. The van der Waals surface area contributed by atoms with E-state index < -0.39 is 0 Å². The first kappa shape index (κ1) is 16.8. The third kappa shape index (κ3) is 4.50. The number of urea groups is 1. The molecule has 1 unspecified atom stereocenters. The molecule has 0 radical (unpaired) electrons. The van der Waals surface area contributed by atoms with Crippen LogP contribution < -0.4 is 10.6 Å². The first-order valence-electron chi connectivity index (χ1n) is 7.84. The van der Waals surface area contributed by atoms with Gasteiger partial charge in [-0.15, -0.1) is 0 Å². The molecular formula is C16H20N4O3S. The fraction of sp³-hybridized carbons (Fsp3) is 0.438. The number of nitrogens with one attached hydrogen (secondary N) is 2. The molecule has 0 bridgehead atoms. The summed E-state index contributed by atoms with van der Waals surface area (Å²) in [6.45, 7) is 4.31. The zero-order valence-electron chi connectivity index (χ0n) is 13.4. The predicted octanol–water partition coefficient (Wildman–Crippen LogP) is 2.44. The summed E-state index contributed by atoms with van der Waals surface area (Å²) in [6, 6.07) is 3.59. The van der Waals surface area contributed by atoms with Crippen LogP contribution in [0, 0.1) is 6.92 Å². The minimum absolute atomic E-state index is 0.0550. The lowest BCUT2D eigenvalue weighted by atomic mass is 10.2. The van der Waals surface area contributed by atoms with Gasteiger partial charge in [-0.1, -0.05) is 11.3 Å². The molecule has 7 nitrogen and oxygen atoms in total. The van der Waals surface area contributed by atoms with Gasteiger partial charge in [0.05, 0.1) is 36.5 Å². The second kappa shape index (κ2) is 8.18. The number of hydrogen-bond donors (Lipinski definition) is 2. The minimum atomic E-state index is -0.262. The lowest BCUT2D eigenvalue weighted by Crippen LogP contribution is -2.35. The van der Waals surface area contributed by atoms with E-state index in [0.29, 0.717) is 31.5 Å². The summed E-state index contributed by atoms with van der Waals surface area (Å²) in [7, 11) is 0. The van der Waals surface area contributed by atoms with Gasteiger partial charge in [-0.3, -0.25) is 10.3 Å². The highest BCUT2D eigenvalue weighted by molar-refractivity contribution is 7.19. The maximum absolute atomic E-state index is 12.0. The summed E-state index contributed by atoms with van der Waals surface area (Å²) >= 11 is 1.45. The van der Waals surface area contributed by atoms with Gasteiger partial charge in [0.2, 0.25) is 0 Å². The first-order valence-corrected chi connectivity index (χ1v) is 8.66. The normalized spacial score (nSPS) is 17.5. The summed E-state index contributed by atoms with van der Waals surface area (Å²) in [5, 5.41) is 6.18. The van der Waals surface area contributed by atoms with Crippen LogP contribution in [0.2, 0.25) is 0 Å². The van der Waals surface area contributed by atoms with Crippen molar-refractivity contribution in [3.63, 3.8) is 0 Å². The van der Waals surface area contributed by atoms with Crippen LogP contribution in [-0.2, 0) is 9.47 Å². The fourth-order valence-electron chi connectivity index (χ4n) is 2.41. The van der Waals surface area contributed by atoms with E-state index in [1.807, 2.05) is 19.1 Å². The van der Waals surface area contributed by atoms with Crippen molar-refractivity contribution in [2.45, 2.75) is 19.4 Å². The molecule has 3 rings (SSSR count). The van der Waals surface area contributed by atoms with Crippen molar-refractivity contribution in [2.24, 2.45) is 0 Å². The number of nitrogens with zero attached hydrogens (tertiary/aromatic N) is 2. The molecule has 0 aliphatic carbocycles. The van der Waals surface area contributed by atoms with Crippen LogP contribution in [0.1, 0.15) is 12.1 Å². The molecule has 1 atom stereocenters. The Bertz CT molecular complexity index is 671. The summed E-state index contributed by atoms with van der Waals surface area (Å²) < 4.78 is 10.9. The molecular weight excluding hydrogens is 328 g/mol. The third-order valence-electron chi connectivity index (χ3n) is 3.60. The lowest BCUT2D eigenvalue weighted by molar-refractivity contribution is -0.0899. The Morgan fingerprint density at radius 3 is 2.96 bits per heavy atom. The van der Waals surface area contributed by atoms with Crippen LogP contribution in [0.15, 0.2) is 24.5 Å². The van der Waals surface area contributed by atoms with Gasteiger partial charge in [-0.25, -0.2) is 9.78 Å². The predicted molar refractivity (Wildman–Crippen MR) is 92.3 cm³/mol. The number of pyridine rings is 1. The van der Waals surface area contributed by atoms with Crippen molar-refractivity contribution in [1.82, 2.24) is 15.3 Å². The first-order chi connectivity index (χ1) is 11.7. The van der Waals surface area contributed by atoms with Crippen molar-refractivity contribution in [3.05, 3.63) is 30.2 Å². The highest BCUT2D eigenvalue weighted by Gasteiger charge is 2.15. The maximum atomic E-state index is 12.0. The SMILES string of the molecule is Cc1nc(NC(=O)NCCC2COCCO2)sc1-c1ccncc1. The fourth-order valence-corrected chi connectivity index (χ4v) is 3.38. The summed E-state index contributed by atoms with van der Waals surface area (Å²) in [5.41, 5.74) is 1.93. The van der Waals surface area contributed by atoms with E-state index in [-0.39, 0.29) is 12.1 Å². The zero-order chi connectivity index (χ0) is 16.8. The number of carbonyl (C=O) groups excluding carboxylic acids is 1. The van der Waals surface area contributed by atoms with Gasteiger partial charge in [-0.2, -0.15) is 0 Å². The van der Waals surface area contributed by atoms with E-state index >= 15 is 0 Å².